The minimum absolute atomic E-state index is 0.386. The lowest BCUT2D eigenvalue weighted by Crippen LogP contribution is -2.47. The van der Waals surface area contributed by atoms with Gasteiger partial charge in [0.1, 0.15) is 17.2 Å². The van der Waals surface area contributed by atoms with Crippen LogP contribution in [0, 0.1) is 17.7 Å². The van der Waals surface area contributed by atoms with Crippen LogP contribution < -0.4 is 4.74 Å². The van der Waals surface area contributed by atoms with E-state index in [0.29, 0.717) is 30.2 Å². The van der Waals surface area contributed by atoms with Crippen molar-refractivity contribution in [2.45, 2.75) is 63.1 Å². The summed E-state index contributed by atoms with van der Waals surface area (Å²) in [6.45, 7) is 1.53. The van der Waals surface area contributed by atoms with E-state index < -0.39 is 11.5 Å². The van der Waals surface area contributed by atoms with Gasteiger partial charge in [0, 0.05) is 24.7 Å². The fraction of sp³-hybridized carbons (Fsp3) is 0.714. The SMILES string of the molecule is COc1ccc(F)cc1C1(F)CCN(C2CCCC3CCC2C3)CC1. The van der Waals surface area contributed by atoms with Crippen LogP contribution in [-0.2, 0) is 5.67 Å². The summed E-state index contributed by atoms with van der Waals surface area (Å²) >= 11 is 0. The predicted octanol–water partition coefficient (Wildman–Crippen LogP) is 5.06. The molecule has 1 aromatic rings. The molecule has 2 nitrogen and oxygen atoms in total. The number of methoxy groups -OCH3 is 1. The van der Waals surface area contributed by atoms with Gasteiger partial charge in [0.25, 0.3) is 0 Å². The molecule has 3 fully saturated rings. The standard InChI is InChI=1S/C21H29F2NO/c1-25-20-8-7-17(22)14-18(20)21(23)9-11-24(12-10-21)19-4-2-3-15-5-6-16(19)13-15/h7-8,14-16,19H,2-6,9-13H2,1H3. The third kappa shape index (κ3) is 3.30. The highest BCUT2D eigenvalue weighted by atomic mass is 19.1. The number of piperidine rings is 1. The second kappa shape index (κ2) is 6.86. The number of rotatable bonds is 3. The molecule has 1 aliphatic heterocycles. The number of fused-ring (bicyclic) bond motifs is 2. The number of likely N-dealkylation sites (tertiary alicyclic amines) is 1. The molecular formula is C21H29F2NO. The molecule has 1 aromatic carbocycles. The minimum Gasteiger partial charge on any atom is -0.496 e. The zero-order valence-electron chi connectivity index (χ0n) is 15.1. The van der Waals surface area contributed by atoms with E-state index in [1.54, 1.807) is 6.07 Å². The summed E-state index contributed by atoms with van der Waals surface area (Å²) in [5, 5.41) is 0. The zero-order chi connectivity index (χ0) is 17.4. The fourth-order valence-electron chi connectivity index (χ4n) is 5.57. The molecule has 4 rings (SSSR count). The fourth-order valence-corrected chi connectivity index (χ4v) is 5.57. The lowest BCUT2D eigenvalue weighted by atomic mass is 9.83. The summed E-state index contributed by atoms with van der Waals surface area (Å²) < 4.78 is 34.7. The van der Waals surface area contributed by atoms with Gasteiger partial charge in [-0.3, -0.25) is 4.90 Å². The molecule has 4 heteroatoms. The first-order chi connectivity index (χ1) is 12.1. The zero-order valence-corrected chi connectivity index (χ0v) is 15.1. The van der Waals surface area contributed by atoms with Crippen molar-refractivity contribution in [2.75, 3.05) is 20.2 Å². The molecule has 1 heterocycles. The second-order valence-corrected chi connectivity index (χ2v) is 8.28. The minimum atomic E-state index is -1.48. The predicted molar refractivity (Wildman–Crippen MR) is 95.0 cm³/mol. The van der Waals surface area contributed by atoms with Crippen LogP contribution in [0.15, 0.2) is 18.2 Å². The van der Waals surface area contributed by atoms with Crippen LogP contribution in [0.5, 0.6) is 5.75 Å². The van der Waals surface area contributed by atoms with E-state index in [2.05, 4.69) is 4.90 Å². The maximum atomic E-state index is 15.7. The third-order valence-corrected chi connectivity index (χ3v) is 6.94. The van der Waals surface area contributed by atoms with Gasteiger partial charge in [0.15, 0.2) is 0 Å². The molecular weight excluding hydrogens is 320 g/mol. The van der Waals surface area contributed by atoms with E-state index in [4.69, 9.17) is 4.74 Å². The average Bonchev–Trinajstić information content (AvgIpc) is 2.97. The molecule has 2 aliphatic carbocycles. The molecule has 2 bridgehead atoms. The molecule has 3 aliphatic rings. The molecule has 25 heavy (non-hydrogen) atoms. The molecule has 138 valence electrons. The maximum Gasteiger partial charge on any atom is 0.142 e. The summed E-state index contributed by atoms with van der Waals surface area (Å²) in [4.78, 5) is 2.53. The molecule has 0 aromatic heterocycles. The summed E-state index contributed by atoms with van der Waals surface area (Å²) in [5.74, 6) is 1.82. The molecule has 0 spiro atoms. The van der Waals surface area contributed by atoms with E-state index in [-0.39, 0.29) is 0 Å². The van der Waals surface area contributed by atoms with Gasteiger partial charge in [-0.25, -0.2) is 8.78 Å². The quantitative estimate of drug-likeness (QED) is 0.756. The van der Waals surface area contributed by atoms with Gasteiger partial charge in [-0.1, -0.05) is 19.3 Å². The summed E-state index contributed by atoms with van der Waals surface area (Å²) in [7, 11) is 1.53. The first-order valence-electron chi connectivity index (χ1n) is 9.86. The van der Waals surface area contributed by atoms with Gasteiger partial charge < -0.3 is 4.74 Å². The first-order valence-corrected chi connectivity index (χ1v) is 9.86. The van der Waals surface area contributed by atoms with Crippen molar-refractivity contribution < 1.29 is 13.5 Å². The van der Waals surface area contributed by atoms with E-state index in [0.717, 1.165) is 24.9 Å². The highest BCUT2D eigenvalue weighted by molar-refractivity contribution is 5.39. The molecule has 2 saturated carbocycles. The van der Waals surface area contributed by atoms with Crippen LogP contribution in [0.4, 0.5) is 8.78 Å². The van der Waals surface area contributed by atoms with Gasteiger partial charge in [-0.2, -0.15) is 0 Å². The lowest BCUT2D eigenvalue weighted by Gasteiger charge is -2.43. The average molecular weight is 349 g/mol. The molecule has 0 N–H and O–H groups in total. The van der Waals surface area contributed by atoms with Crippen LogP contribution in [0.25, 0.3) is 0 Å². The van der Waals surface area contributed by atoms with Crippen LogP contribution in [0.3, 0.4) is 0 Å². The Hall–Kier alpha value is -1.16. The van der Waals surface area contributed by atoms with Gasteiger partial charge in [0.05, 0.1) is 7.11 Å². The Balaban J connectivity index is 1.48. The van der Waals surface area contributed by atoms with Crippen LogP contribution in [-0.4, -0.2) is 31.1 Å². The number of ether oxygens (including phenoxy) is 1. The Kier molecular flexibility index (Phi) is 4.74. The van der Waals surface area contributed by atoms with Crippen LogP contribution >= 0.6 is 0 Å². The first kappa shape index (κ1) is 17.3. The van der Waals surface area contributed by atoms with Crippen LogP contribution in [0.2, 0.25) is 0 Å². The smallest absolute Gasteiger partial charge is 0.142 e. The van der Waals surface area contributed by atoms with Crippen molar-refractivity contribution in [3.05, 3.63) is 29.6 Å². The number of halogens is 2. The number of hydrogen-bond acceptors (Lipinski definition) is 2. The highest BCUT2D eigenvalue weighted by Gasteiger charge is 2.43. The van der Waals surface area contributed by atoms with Gasteiger partial charge in [-0.05, 0) is 62.1 Å². The van der Waals surface area contributed by atoms with Crippen molar-refractivity contribution in [3.8, 4) is 5.75 Å². The Labute approximate surface area is 149 Å². The van der Waals surface area contributed by atoms with Crippen LogP contribution in [0.1, 0.15) is 56.9 Å². The van der Waals surface area contributed by atoms with E-state index >= 15 is 4.39 Å². The molecule has 0 amide bonds. The van der Waals surface area contributed by atoms with E-state index in [1.165, 1.54) is 57.8 Å². The molecule has 1 saturated heterocycles. The number of benzene rings is 1. The summed E-state index contributed by atoms with van der Waals surface area (Å²) in [6.07, 6.45) is 8.95. The van der Waals surface area contributed by atoms with Crippen molar-refractivity contribution >= 4 is 0 Å². The Morgan fingerprint density at radius 2 is 1.92 bits per heavy atom. The number of alkyl halides is 1. The molecule has 3 atom stereocenters. The van der Waals surface area contributed by atoms with Crippen molar-refractivity contribution in [1.82, 2.24) is 4.90 Å². The third-order valence-electron chi connectivity index (χ3n) is 6.94. The second-order valence-electron chi connectivity index (χ2n) is 8.28. The van der Waals surface area contributed by atoms with E-state index in [1.807, 2.05) is 0 Å². The number of nitrogens with zero attached hydrogens (tertiary/aromatic N) is 1. The molecule has 3 unspecified atom stereocenters. The van der Waals surface area contributed by atoms with Gasteiger partial charge in [-0.15, -0.1) is 0 Å². The summed E-state index contributed by atoms with van der Waals surface area (Å²) in [6, 6.07) is 4.83. The van der Waals surface area contributed by atoms with Crippen molar-refractivity contribution in [2.24, 2.45) is 11.8 Å². The topological polar surface area (TPSA) is 12.5 Å². The van der Waals surface area contributed by atoms with Crippen molar-refractivity contribution in [3.63, 3.8) is 0 Å². The summed E-state index contributed by atoms with van der Waals surface area (Å²) in [5.41, 5.74) is -1.09. The van der Waals surface area contributed by atoms with E-state index in [9.17, 15) is 4.39 Å². The van der Waals surface area contributed by atoms with Gasteiger partial charge in [0.2, 0.25) is 0 Å². The normalized spacial score (nSPS) is 32.4. The lowest BCUT2D eigenvalue weighted by molar-refractivity contribution is 0.0181. The Bertz CT molecular complexity index is 612. The number of hydrogen-bond donors (Lipinski definition) is 0. The maximum absolute atomic E-state index is 15.7. The monoisotopic (exact) mass is 349 g/mol. The molecule has 0 radical (unpaired) electrons. The Morgan fingerprint density at radius 1 is 1.12 bits per heavy atom. The highest BCUT2D eigenvalue weighted by Crippen LogP contribution is 2.46. The van der Waals surface area contributed by atoms with Gasteiger partial charge >= 0.3 is 0 Å². The largest absolute Gasteiger partial charge is 0.496 e. The Morgan fingerprint density at radius 3 is 2.68 bits per heavy atom. The van der Waals surface area contributed by atoms with Crippen molar-refractivity contribution in [1.29, 1.82) is 0 Å².